The second-order valence-corrected chi connectivity index (χ2v) is 8.69. The summed E-state index contributed by atoms with van der Waals surface area (Å²) in [6.07, 6.45) is 0. The number of benzene rings is 1. The Balaban J connectivity index is 0.00000288. The average molecular weight is 400 g/mol. The topological polar surface area (TPSA) is 105 Å². The van der Waals surface area contributed by atoms with Gasteiger partial charge in [-0.2, -0.15) is 4.31 Å². The number of sulfonamides is 2. The maximum Gasteiger partial charge on any atom is 0.243 e. The summed E-state index contributed by atoms with van der Waals surface area (Å²) in [4.78, 5) is 0.114. The summed E-state index contributed by atoms with van der Waals surface area (Å²) in [5.41, 5.74) is 0. The Morgan fingerprint density at radius 1 is 1.00 bits per heavy atom. The van der Waals surface area contributed by atoms with E-state index in [4.69, 9.17) is 4.74 Å². The normalized spacial score (nSPS) is 16.5. The van der Waals surface area contributed by atoms with Crippen molar-refractivity contribution in [2.45, 2.75) is 9.79 Å². The highest BCUT2D eigenvalue weighted by atomic mass is 35.5. The molecule has 0 aromatic heterocycles. The van der Waals surface area contributed by atoms with Crippen LogP contribution in [-0.4, -0.2) is 67.6 Å². The predicted molar refractivity (Wildman–Crippen MR) is 92.4 cm³/mol. The molecule has 1 aromatic carbocycles. The molecule has 2 N–H and O–H groups in total. The molecule has 1 heterocycles. The molecule has 0 bridgehead atoms. The maximum atomic E-state index is 12.5. The number of ether oxygens (including phenoxy) is 1. The molecular weight excluding hydrogens is 378 g/mol. The van der Waals surface area contributed by atoms with Gasteiger partial charge in [0.1, 0.15) is 0 Å². The number of nitrogens with one attached hydrogen (secondary N) is 2. The van der Waals surface area contributed by atoms with Gasteiger partial charge in [-0.3, -0.25) is 0 Å². The largest absolute Gasteiger partial charge is 0.379 e. The van der Waals surface area contributed by atoms with Crippen molar-refractivity contribution < 1.29 is 21.6 Å². The molecule has 2 rings (SSSR count). The summed E-state index contributed by atoms with van der Waals surface area (Å²) in [6.45, 7) is 2.08. The molecule has 8 nitrogen and oxygen atoms in total. The van der Waals surface area contributed by atoms with Crippen molar-refractivity contribution in [1.29, 1.82) is 0 Å². The Hall–Kier alpha value is -0.750. The Morgan fingerprint density at radius 2 is 1.54 bits per heavy atom. The lowest BCUT2D eigenvalue weighted by Gasteiger charge is -2.26. The molecule has 24 heavy (non-hydrogen) atoms. The zero-order chi connectivity index (χ0) is 16.9. The Bertz CT molecular complexity index is 716. The monoisotopic (exact) mass is 399 g/mol. The molecule has 1 aliphatic heterocycles. The third-order valence-electron chi connectivity index (χ3n) is 3.41. The van der Waals surface area contributed by atoms with Crippen LogP contribution in [0.2, 0.25) is 0 Å². The van der Waals surface area contributed by atoms with E-state index in [1.165, 1.54) is 28.6 Å². The van der Waals surface area contributed by atoms with Crippen molar-refractivity contribution >= 4 is 32.5 Å². The lowest BCUT2D eigenvalue weighted by atomic mass is 10.4. The molecule has 0 unspecified atom stereocenters. The first kappa shape index (κ1) is 21.3. The molecule has 11 heteroatoms. The summed E-state index contributed by atoms with van der Waals surface area (Å²) in [6, 6.07) is 5.24. The van der Waals surface area contributed by atoms with Gasteiger partial charge >= 0.3 is 0 Å². The molecule has 0 radical (unpaired) electrons. The average Bonchev–Trinajstić information content (AvgIpc) is 2.56. The smallest absolute Gasteiger partial charge is 0.243 e. The number of likely N-dealkylation sites (N-methyl/N-ethyl adjacent to an activating group) is 1. The van der Waals surface area contributed by atoms with Crippen LogP contribution in [-0.2, 0) is 24.8 Å². The number of nitrogens with zero attached hydrogens (tertiary/aromatic N) is 1. The van der Waals surface area contributed by atoms with E-state index >= 15 is 0 Å². The summed E-state index contributed by atoms with van der Waals surface area (Å²) in [5, 5.41) is 2.84. The van der Waals surface area contributed by atoms with Crippen LogP contribution in [0, 0.1) is 0 Å². The molecule has 0 atom stereocenters. The second-order valence-electron chi connectivity index (χ2n) is 4.99. The molecule has 0 aliphatic carbocycles. The van der Waals surface area contributed by atoms with Gasteiger partial charge in [0.2, 0.25) is 20.0 Å². The minimum absolute atomic E-state index is 0. The van der Waals surface area contributed by atoms with Crippen LogP contribution in [0.15, 0.2) is 34.1 Å². The van der Waals surface area contributed by atoms with Gasteiger partial charge in [-0.25, -0.2) is 21.6 Å². The fourth-order valence-corrected chi connectivity index (χ4v) is 4.56. The minimum atomic E-state index is -3.64. The Labute approximate surface area is 149 Å². The SMILES string of the molecule is CNCCNS(=O)(=O)c1ccc(S(=O)(=O)N2CCOCC2)cc1.Cl. The standard InChI is InChI=1S/C13H21N3O5S2.ClH/c1-14-6-7-15-22(17,18)12-2-4-13(5-3-12)23(19,20)16-8-10-21-11-9-16;/h2-5,14-15H,6-11H2,1H3;1H. The van der Waals surface area contributed by atoms with E-state index in [9.17, 15) is 16.8 Å². The molecule has 1 fully saturated rings. The van der Waals surface area contributed by atoms with E-state index in [1.807, 2.05) is 0 Å². The van der Waals surface area contributed by atoms with Crippen molar-refractivity contribution in [3.05, 3.63) is 24.3 Å². The zero-order valence-corrected chi connectivity index (χ0v) is 15.7. The zero-order valence-electron chi connectivity index (χ0n) is 13.3. The fraction of sp³-hybridized carbons (Fsp3) is 0.538. The molecular formula is C13H22ClN3O5S2. The highest BCUT2D eigenvalue weighted by Gasteiger charge is 2.26. The van der Waals surface area contributed by atoms with E-state index in [2.05, 4.69) is 10.0 Å². The van der Waals surface area contributed by atoms with Crippen LogP contribution < -0.4 is 10.0 Å². The molecule has 0 amide bonds. The van der Waals surface area contributed by atoms with Crippen molar-refractivity contribution in [2.24, 2.45) is 0 Å². The van der Waals surface area contributed by atoms with Gasteiger partial charge < -0.3 is 10.1 Å². The van der Waals surface area contributed by atoms with E-state index in [-0.39, 0.29) is 28.7 Å². The highest BCUT2D eigenvalue weighted by molar-refractivity contribution is 7.89. The second kappa shape index (κ2) is 9.09. The first-order valence-electron chi connectivity index (χ1n) is 7.20. The van der Waals surface area contributed by atoms with Crippen molar-refractivity contribution in [3.8, 4) is 0 Å². The van der Waals surface area contributed by atoms with Gasteiger partial charge in [0.15, 0.2) is 0 Å². The molecule has 0 saturated carbocycles. The summed E-state index contributed by atoms with van der Waals surface area (Å²) >= 11 is 0. The first-order chi connectivity index (χ1) is 10.9. The quantitative estimate of drug-likeness (QED) is 0.606. The lowest BCUT2D eigenvalue weighted by Crippen LogP contribution is -2.40. The third-order valence-corrected chi connectivity index (χ3v) is 6.80. The van der Waals surface area contributed by atoms with Crippen LogP contribution >= 0.6 is 12.4 Å². The number of halogens is 1. The molecule has 138 valence electrons. The summed E-state index contributed by atoms with van der Waals surface area (Å²) in [7, 11) is -5.53. The number of hydrogen-bond donors (Lipinski definition) is 2. The van der Waals surface area contributed by atoms with Crippen molar-refractivity contribution in [2.75, 3.05) is 46.4 Å². The summed E-state index contributed by atoms with van der Waals surface area (Å²) < 4.78 is 57.9. The van der Waals surface area contributed by atoms with Crippen molar-refractivity contribution in [3.63, 3.8) is 0 Å². The molecule has 1 saturated heterocycles. The number of morpholine rings is 1. The van der Waals surface area contributed by atoms with Crippen LogP contribution in [0.4, 0.5) is 0 Å². The van der Waals surface area contributed by atoms with E-state index in [0.29, 0.717) is 32.8 Å². The van der Waals surface area contributed by atoms with Gasteiger partial charge in [-0.15, -0.1) is 12.4 Å². The van der Waals surface area contributed by atoms with E-state index < -0.39 is 20.0 Å². The molecule has 0 spiro atoms. The van der Waals surface area contributed by atoms with E-state index in [1.54, 1.807) is 7.05 Å². The summed E-state index contributed by atoms with van der Waals surface area (Å²) in [5.74, 6) is 0. The Kier molecular flexibility index (Phi) is 8.06. The van der Waals surface area contributed by atoms with Gasteiger partial charge in [-0.1, -0.05) is 0 Å². The van der Waals surface area contributed by atoms with Gasteiger partial charge in [-0.05, 0) is 31.3 Å². The number of rotatable bonds is 7. The third kappa shape index (κ3) is 5.12. The maximum absolute atomic E-state index is 12.5. The predicted octanol–water partition coefficient (Wildman–Crippen LogP) is -0.373. The van der Waals surface area contributed by atoms with Gasteiger partial charge in [0, 0.05) is 26.2 Å². The van der Waals surface area contributed by atoms with Crippen LogP contribution in [0.3, 0.4) is 0 Å². The van der Waals surface area contributed by atoms with Gasteiger partial charge in [0.05, 0.1) is 23.0 Å². The Morgan fingerprint density at radius 3 is 2.08 bits per heavy atom. The van der Waals surface area contributed by atoms with Crippen LogP contribution in [0.1, 0.15) is 0 Å². The van der Waals surface area contributed by atoms with Crippen molar-refractivity contribution in [1.82, 2.24) is 14.3 Å². The molecule has 1 aliphatic rings. The van der Waals surface area contributed by atoms with E-state index in [0.717, 1.165) is 0 Å². The lowest BCUT2D eigenvalue weighted by molar-refractivity contribution is 0.0730. The number of hydrogen-bond acceptors (Lipinski definition) is 6. The minimum Gasteiger partial charge on any atom is -0.379 e. The van der Waals surface area contributed by atoms with Crippen LogP contribution in [0.5, 0.6) is 0 Å². The van der Waals surface area contributed by atoms with Crippen LogP contribution in [0.25, 0.3) is 0 Å². The first-order valence-corrected chi connectivity index (χ1v) is 10.1. The fourth-order valence-electron chi connectivity index (χ4n) is 2.12. The van der Waals surface area contributed by atoms with Gasteiger partial charge in [0.25, 0.3) is 0 Å². The highest BCUT2D eigenvalue weighted by Crippen LogP contribution is 2.19. The molecule has 1 aromatic rings.